The zero-order chi connectivity index (χ0) is 11.5. The molecule has 3 N–H and O–H groups in total. The van der Waals surface area contributed by atoms with Crippen molar-refractivity contribution in [2.45, 2.75) is 44.4 Å². The molecule has 0 saturated heterocycles. The number of nitrogens with two attached hydrogens (primary N) is 1. The van der Waals surface area contributed by atoms with E-state index in [4.69, 9.17) is 15.3 Å². The highest BCUT2D eigenvalue weighted by Crippen LogP contribution is 2.33. The van der Waals surface area contributed by atoms with Crippen LogP contribution >= 0.6 is 0 Å². The van der Waals surface area contributed by atoms with Gasteiger partial charge in [0.05, 0.1) is 5.69 Å². The highest BCUT2D eigenvalue weighted by Gasteiger charge is 2.26. The lowest BCUT2D eigenvalue weighted by molar-refractivity contribution is 0.0661. The molecular weight excluding hydrogens is 208 g/mol. The van der Waals surface area contributed by atoms with E-state index in [9.17, 15) is 4.79 Å². The number of aromatic carboxylic acids is 1. The predicted molar refractivity (Wildman–Crippen MR) is 58.3 cm³/mol. The minimum atomic E-state index is -1.08. The summed E-state index contributed by atoms with van der Waals surface area (Å²) in [6, 6.07) is -0.0448. The smallest absolute Gasteiger partial charge is 0.373 e. The zero-order valence-corrected chi connectivity index (χ0v) is 9.11. The summed E-state index contributed by atoms with van der Waals surface area (Å²) in [5.41, 5.74) is 5.96. The van der Waals surface area contributed by atoms with Crippen molar-refractivity contribution in [2.75, 3.05) is 5.73 Å². The lowest BCUT2D eigenvalue weighted by Gasteiger charge is -2.10. The van der Waals surface area contributed by atoms with Gasteiger partial charge in [0.15, 0.2) is 0 Å². The van der Waals surface area contributed by atoms with Gasteiger partial charge in [-0.15, -0.1) is 0 Å². The van der Waals surface area contributed by atoms with Crippen LogP contribution in [-0.4, -0.2) is 16.1 Å². The van der Waals surface area contributed by atoms with Gasteiger partial charge in [-0.05, 0) is 12.8 Å². The molecule has 5 nitrogen and oxygen atoms in total. The number of nitrogens with zero attached hydrogens (tertiary/aromatic N) is 1. The summed E-state index contributed by atoms with van der Waals surface area (Å²) in [5.74, 6) is -0.970. The molecule has 0 spiro atoms. The molecule has 16 heavy (non-hydrogen) atoms. The summed E-state index contributed by atoms with van der Waals surface area (Å²) < 4.78 is 4.94. The maximum atomic E-state index is 11.0. The average Bonchev–Trinajstić information content (AvgIpc) is 2.49. The van der Waals surface area contributed by atoms with Crippen LogP contribution < -0.4 is 5.73 Å². The van der Waals surface area contributed by atoms with Gasteiger partial charge in [-0.3, -0.25) is 0 Å². The Kier molecular flexibility index (Phi) is 3.12. The second-order valence-corrected chi connectivity index (χ2v) is 4.26. The van der Waals surface area contributed by atoms with E-state index >= 15 is 0 Å². The summed E-state index contributed by atoms with van der Waals surface area (Å²) in [7, 11) is 0. The molecular formula is C11H16N2O3. The van der Waals surface area contributed by atoms with Gasteiger partial charge in [0.25, 0.3) is 6.01 Å². The maximum absolute atomic E-state index is 11.0. The van der Waals surface area contributed by atoms with Gasteiger partial charge in [-0.25, -0.2) is 4.79 Å². The fourth-order valence-corrected chi connectivity index (χ4v) is 2.33. The van der Waals surface area contributed by atoms with Crippen LogP contribution in [0, 0.1) is 0 Å². The molecule has 0 aromatic carbocycles. The van der Waals surface area contributed by atoms with E-state index < -0.39 is 5.97 Å². The number of hydrogen-bond acceptors (Lipinski definition) is 4. The first-order valence-corrected chi connectivity index (χ1v) is 5.68. The molecule has 0 bridgehead atoms. The van der Waals surface area contributed by atoms with Crippen LogP contribution in [-0.2, 0) is 0 Å². The Hall–Kier alpha value is -1.52. The van der Waals surface area contributed by atoms with Crippen molar-refractivity contribution >= 4 is 12.0 Å². The Morgan fingerprint density at radius 3 is 2.50 bits per heavy atom. The Morgan fingerprint density at radius 2 is 1.94 bits per heavy atom. The van der Waals surface area contributed by atoms with E-state index in [1.807, 2.05) is 0 Å². The van der Waals surface area contributed by atoms with Crippen molar-refractivity contribution in [2.24, 2.45) is 0 Å². The fraction of sp³-hybridized carbons (Fsp3) is 0.636. The molecule has 1 aromatic rings. The van der Waals surface area contributed by atoms with Crippen LogP contribution in [0.4, 0.5) is 6.01 Å². The van der Waals surface area contributed by atoms with Crippen molar-refractivity contribution in [3.8, 4) is 0 Å². The van der Waals surface area contributed by atoms with E-state index in [-0.39, 0.29) is 17.7 Å². The molecule has 0 aliphatic heterocycles. The van der Waals surface area contributed by atoms with Crippen LogP contribution in [0.25, 0.3) is 0 Å². The number of nitrogen functional groups attached to an aromatic ring is 1. The first-order valence-electron chi connectivity index (χ1n) is 5.68. The van der Waals surface area contributed by atoms with Crippen LogP contribution in [0.2, 0.25) is 0 Å². The number of rotatable bonds is 2. The van der Waals surface area contributed by atoms with Crippen molar-refractivity contribution in [1.82, 2.24) is 4.98 Å². The number of carbonyl (C=O) groups is 1. The lowest BCUT2D eigenvalue weighted by Crippen LogP contribution is -2.05. The number of carboxylic acids is 1. The van der Waals surface area contributed by atoms with Crippen molar-refractivity contribution in [1.29, 1.82) is 0 Å². The monoisotopic (exact) mass is 224 g/mol. The first-order chi connectivity index (χ1) is 7.68. The molecule has 2 rings (SSSR count). The van der Waals surface area contributed by atoms with Gasteiger partial charge in [-0.2, -0.15) is 4.98 Å². The van der Waals surface area contributed by atoms with Gasteiger partial charge >= 0.3 is 5.97 Å². The normalized spacial score (nSPS) is 18.2. The second kappa shape index (κ2) is 4.55. The molecule has 5 heteroatoms. The molecule has 1 aliphatic rings. The van der Waals surface area contributed by atoms with Crippen molar-refractivity contribution in [3.05, 3.63) is 11.5 Å². The van der Waals surface area contributed by atoms with Gasteiger partial charge in [0, 0.05) is 5.92 Å². The fourth-order valence-electron chi connectivity index (χ4n) is 2.33. The number of hydrogen-bond donors (Lipinski definition) is 2. The van der Waals surface area contributed by atoms with E-state index in [1.165, 1.54) is 12.8 Å². The minimum Gasteiger partial charge on any atom is -0.475 e. The Morgan fingerprint density at radius 1 is 1.31 bits per heavy atom. The number of carboxylic acid groups (broad SMARTS) is 1. The van der Waals surface area contributed by atoms with E-state index in [2.05, 4.69) is 4.98 Å². The summed E-state index contributed by atoms with van der Waals surface area (Å²) >= 11 is 0. The third kappa shape index (κ3) is 2.18. The van der Waals surface area contributed by atoms with E-state index in [0.29, 0.717) is 5.69 Å². The van der Waals surface area contributed by atoms with Crippen molar-refractivity contribution in [3.63, 3.8) is 0 Å². The van der Waals surface area contributed by atoms with Gasteiger partial charge < -0.3 is 15.3 Å². The molecule has 0 atom stereocenters. The molecule has 1 fully saturated rings. The molecule has 1 heterocycles. The lowest BCUT2D eigenvalue weighted by atomic mass is 9.95. The van der Waals surface area contributed by atoms with Crippen LogP contribution in [0.1, 0.15) is 60.7 Å². The summed E-state index contributed by atoms with van der Waals surface area (Å²) in [5, 5.41) is 8.99. The number of oxazole rings is 1. The Bertz CT molecular complexity index is 379. The van der Waals surface area contributed by atoms with Crippen LogP contribution in [0.3, 0.4) is 0 Å². The van der Waals surface area contributed by atoms with Gasteiger partial charge in [0.2, 0.25) is 5.76 Å². The third-order valence-corrected chi connectivity index (χ3v) is 3.11. The highest BCUT2D eigenvalue weighted by molar-refractivity contribution is 5.86. The summed E-state index contributed by atoms with van der Waals surface area (Å²) in [6.45, 7) is 0. The summed E-state index contributed by atoms with van der Waals surface area (Å²) in [4.78, 5) is 15.0. The first kappa shape index (κ1) is 11.0. The summed E-state index contributed by atoms with van der Waals surface area (Å²) in [6.07, 6.45) is 6.63. The zero-order valence-electron chi connectivity index (χ0n) is 9.11. The van der Waals surface area contributed by atoms with Crippen LogP contribution in [0.5, 0.6) is 0 Å². The van der Waals surface area contributed by atoms with E-state index in [0.717, 1.165) is 25.7 Å². The molecule has 0 amide bonds. The van der Waals surface area contributed by atoms with Crippen LogP contribution in [0.15, 0.2) is 4.42 Å². The molecule has 1 saturated carbocycles. The second-order valence-electron chi connectivity index (χ2n) is 4.26. The molecule has 0 radical (unpaired) electrons. The standard InChI is InChI=1S/C11H16N2O3/c12-11-13-8(9(16-11)10(14)15)7-5-3-1-2-4-6-7/h7H,1-6H2,(H2,12,13)(H,14,15). The number of aromatic nitrogens is 1. The van der Waals surface area contributed by atoms with Gasteiger partial charge in [-0.1, -0.05) is 25.7 Å². The predicted octanol–water partition coefficient (Wildman–Crippen LogP) is 2.39. The molecule has 88 valence electrons. The number of anilines is 1. The SMILES string of the molecule is Nc1nc(C2CCCCCC2)c(C(=O)O)o1. The Labute approximate surface area is 93.7 Å². The highest BCUT2D eigenvalue weighted by atomic mass is 16.4. The quantitative estimate of drug-likeness (QED) is 0.753. The van der Waals surface area contributed by atoms with Gasteiger partial charge in [0.1, 0.15) is 0 Å². The topological polar surface area (TPSA) is 89.3 Å². The molecule has 0 unspecified atom stereocenters. The largest absolute Gasteiger partial charge is 0.475 e. The molecule has 1 aliphatic carbocycles. The molecule has 1 aromatic heterocycles. The minimum absolute atomic E-state index is 0.0448. The third-order valence-electron chi connectivity index (χ3n) is 3.11. The van der Waals surface area contributed by atoms with Crippen molar-refractivity contribution < 1.29 is 14.3 Å². The Balaban J connectivity index is 2.26. The maximum Gasteiger partial charge on any atom is 0.373 e. The van der Waals surface area contributed by atoms with E-state index in [1.54, 1.807) is 0 Å². The average molecular weight is 224 g/mol.